The predicted molar refractivity (Wildman–Crippen MR) is 185 cm³/mol. The largest absolute Gasteiger partial charge is 0.444 e. The molecule has 1 aromatic rings. The molecule has 1 aliphatic carbocycles. The normalized spacial score (nSPS) is 18.1. The number of amides is 6. The van der Waals surface area contributed by atoms with Gasteiger partial charge in [-0.05, 0) is 56.9 Å². The summed E-state index contributed by atoms with van der Waals surface area (Å²) >= 11 is 0. The molecule has 14 nitrogen and oxygen atoms in total. The molecule has 50 heavy (non-hydrogen) atoms. The molecule has 1 heterocycles. The summed E-state index contributed by atoms with van der Waals surface area (Å²) < 4.78 is 5.38. The van der Waals surface area contributed by atoms with Gasteiger partial charge < -0.3 is 35.8 Å². The van der Waals surface area contributed by atoms with Gasteiger partial charge in [0, 0.05) is 20.6 Å². The van der Waals surface area contributed by atoms with E-state index in [1.54, 1.807) is 86.0 Å². The minimum absolute atomic E-state index is 0.133. The molecule has 0 bridgehead atoms. The molecule has 1 aromatic carbocycles. The molecule has 1 aliphatic heterocycles. The molecule has 14 heteroatoms. The van der Waals surface area contributed by atoms with E-state index in [0.717, 1.165) is 19.3 Å². The molecule has 2 aliphatic rings. The summed E-state index contributed by atoms with van der Waals surface area (Å²) in [5, 5.41) is 10.4. The first-order valence-electron chi connectivity index (χ1n) is 17.3. The Balaban J connectivity index is 1.69. The highest BCUT2D eigenvalue weighted by molar-refractivity contribution is 6.38. The maximum absolute atomic E-state index is 13.8. The SMILES string of the molecule is CN(C)C(=O)[C@@H](NC(=O)CNC(=O)C(=O)C(CC1CCC1)NC(=O)[C@@H]1CCCN1C(=O)[C@@H](NC(=O)OC(C)(C)C)C(C)(C)C)c1ccccc1. The van der Waals surface area contributed by atoms with Crippen LogP contribution in [-0.4, -0.2) is 102 Å². The molecule has 276 valence electrons. The summed E-state index contributed by atoms with van der Waals surface area (Å²) in [4.78, 5) is 95.1. The van der Waals surface area contributed by atoms with Crippen LogP contribution >= 0.6 is 0 Å². The molecule has 4 atom stereocenters. The summed E-state index contributed by atoms with van der Waals surface area (Å²) in [6.45, 7) is 10.2. The molecular weight excluding hydrogens is 644 g/mol. The zero-order valence-corrected chi connectivity index (χ0v) is 30.6. The number of Topliss-reactive ketones (excluding diaryl/α,β-unsaturated/α-hetero) is 1. The Labute approximate surface area is 294 Å². The van der Waals surface area contributed by atoms with Gasteiger partial charge in [-0.2, -0.15) is 0 Å². The Morgan fingerprint density at radius 2 is 1.52 bits per heavy atom. The number of ketones is 1. The summed E-state index contributed by atoms with van der Waals surface area (Å²) in [7, 11) is 3.12. The van der Waals surface area contributed by atoms with Crippen molar-refractivity contribution in [2.45, 2.75) is 110 Å². The van der Waals surface area contributed by atoms with Gasteiger partial charge in [0.25, 0.3) is 5.91 Å². The van der Waals surface area contributed by atoms with Gasteiger partial charge in [-0.3, -0.25) is 28.8 Å². The van der Waals surface area contributed by atoms with Crippen molar-refractivity contribution in [3.05, 3.63) is 35.9 Å². The van der Waals surface area contributed by atoms with Crippen LogP contribution in [-0.2, 0) is 33.5 Å². The number of carbonyl (C=O) groups is 7. The van der Waals surface area contributed by atoms with Gasteiger partial charge in [0.15, 0.2) is 0 Å². The van der Waals surface area contributed by atoms with E-state index >= 15 is 0 Å². The monoisotopic (exact) mass is 698 g/mol. The number of hydrogen-bond donors (Lipinski definition) is 4. The van der Waals surface area contributed by atoms with Crippen LogP contribution in [0.1, 0.15) is 91.7 Å². The molecular formula is C36H54N6O8. The topological polar surface area (TPSA) is 183 Å². The van der Waals surface area contributed by atoms with Crippen molar-refractivity contribution in [3.8, 4) is 0 Å². The Bertz CT molecular complexity index is 1410. The van der Waals surface area contributed by atoms with Crippen molar-refractivity contribution in [1.82, 2.24) is 31.1 Å². The van der Waals surface area contributed by atoms with E-state index in [0.29, 0.717) is 18.4 Å². The maximum Gasteiger partial charge on any atom is 0.408 e. The molecule has 0 radical (unpaired) electrons. The number of likely N-dealkylation sites (N-methyl/N-ethyl adjacent to an activating group) is 1. The fourth-order valence-electron chi connectivity index (χ4n) is 5.91. The second-order valence-electron chi connectivity index (χ2n) is 15.4. The first-order chi connectivity index (χ1) is 23.3. The lowest BCUT2D eigenvalue weighted by atomic mass is 9.80. The van der Waals surface area contributed by atoms with Crippen LogP contribution in [0.25, 0.3) is 0 Å². The zero-order valence-electron chi connectivity index (χ0n) is 30.6. The van der Waals surface area contributed by atoms with Crippen LogP contribution < -0.4 is 21.3 Å². The van der Waals surface area contributed by atoms with Crippen molar-refractivity contribution in [2.75, 3.05) is 27.2 Å². The van der Waals surface area contributed by atoms with E-state index < -0.39 is 77.2 Å². The molecule has 4 N–H and O–H groups in total. The zero-order chi connectivity index (χ0) is 37.4. The highest BCUT2D eigenvalue weighted by atomic mass is 16.6. The molecule has 0 aromatic heterocycles. The van der Waals surface area contributed by atoms with Crippen molar-refractivity contribution in [2.24, 2.45) is 11.3 Å². The quantitative estimate of drug-likeness (QED) is 0.226. The Morgan fingerprint density at radius 3 is 2.06 bits per heavy atom. The number of nitrogens with one attached hydrogen (secondary N) is 4. The average Bonchev–Trinajstić information content (AvgIpc) is 3.50. The first kappa shape index (κ1) is 39.9. The Morgan fingerprint density at radius 1 is 0.880 bits per heavy atom. The lowest BCUT2D eigenvalue weighted by Gasteiger charge is -2.36. The molecule has 3 rings (SSSR count). The molecule has 2 fully saturated rings. The van der Waals surface area contributed by atoms with E-state index in [-0.39, 0.29) is 24.8 Å². The number of carbonyl (C=O) groups excluding carboxylic acids is 7. The summed E-state index contributed by atoms with van der Waals surface area (Å²) in [6, 6.07) is 4.57. The number of alkyl carbamates (subject to hydrolysis) is 1. The van der Waals surface area contributed by atoms with Gasteiger partial charge in [-0.15, -0.1) is 0 Å². The molecule has 6 amide bonds. The van der Waals surface area contributed by atoms with Crippen LogP contribution in [0, 0.1) is 11.3 Å². The van der Waals surface area contributed by atoms with Crippen LogP contribution in [0.4, 0.5) is 4.79 Å². The fraction of sp³-hybridized carbons (Fsp3) is 0.639. The number of rotatable bonds is 13. The van der Waals surface area contributed by atoms with Crippen molar-refractivity contribution in [1.29, 1.82) is 0 Å². The summed E-state index contributed by atoms with van der Waals surface area (Å²) in [5.41, 5.74) is -0.940. The van der Waals surface area contributed by atoms with Gasteiger partial charge >= 0.3 is 6.09 Å². The molecule has 1 saturated heterocycles. The Hall–Kier alpha value is -4.49. The number of hydrogen-bond acceptors (Lipinski definition) is 8. The lowest BCUT2D eigenvalue weighted by molar-refractivity contribution is -0.144. The van der Waals surface area contributed by atoms with Crippen molar-refractivity contribution < 1.29 is 38.3 Å². The fourth-order valence-corrected chi connectivity index (χ4v) is 5.91. The molecule has 1 saturated carbocycles. The summed E-state index contributed by atoms with van der Waals surface area (Å²) in [5.74, 6) is -3.89. The number of ether oxygens (including phenoxy) is 1. The lowest BCUT2D eigenvalue weighted by Crippen LogP contribution is -2.59. The minimum Gasteiger partial charge on any atom is -0.444 e. The van der Waals surface area contributed by atoms with Gasteiger partial charge in [-0.1, -0.05) is 70.4 Å². The van der Waals surface area contributed by atoms with E-state index in [4.69, 9.17) is 4.74 Å². The second kappa shape index (κ2) is 16.9. The maximum atomic E-state index is 13.8. The van der Waals surface area contributed by atoms with Gasteiger partial charge in [-0.25, -0.2) is 4.79 Å². The van der Waals surface area contributed by atoms with Crippen molar-refractivity contribution >= 4 is 41.4 Å². The number of benzene rings is 1. The third-order valence-electron chi connectivity index (χ3n) is 8.80. The smallest absolute Gasteiger partial charge is 0.408 e. The van der Waals surface area contributed by atoms with Gasteiger partial charge in [0.1, 0.15) is 23.7 Å². The summed E-state index contributed by atoms with van der Waals surface area (Å²) in [6.07, 6.45) is 3.03. The third-order valence-corrected chi connectivity index (χ3v) is 8.80. The van der Waals surface area contributed by atoms with E-state index in [9.17, 15) is 33.6 Å². The predicted octanol–water partition coefficient (Wildman–Crippen LogP) is 2.22. The third kappa shape index (κ3) is 11.3. The number of nitrogens with zero attached hydrogens (tertiary/aromatic N) is 2. The van der Waals surface area contributed by atoms with E-state index in [1.807, 2.05) is 0 Å². The van der Waals surface area contributed by atoms with Crippen LogP contribution in [0.3, 0.4) is 0 Å². The van der Waals surface area contributed by atoms with Crippen LogP contribution in [0.2, 0.25) is 0 Å². The van der Waals surface area contributed by atoms with E-state index in [1.165, 1.54) is 9.80 Å². The first-order valence-corrected chi connectivity index (χ1v) is 17.3. The van der Waals surface area contributed by atoms with E-state index in [2.05, 4.69) is 21.3 Å². The second-order valence-corrected chi connectivity index (χ2v) is 15.4. The molecule has 0 spiro atoms. The van der Waals surface area contributed by atoms with Gasteiger partial charge in [0.05, 0.1) is 12.6 Å². The number of likely N-dealkylation sites (tertiary alicyclic amines) is 1. The van der Waals surface area contributed by atoms with Crippen LogP contribution in [0.15, 0.2) is 30.3 Å². The Kier molecular flexibility index (Phi) is 13.5. The standard InChI is InChI=1S/C36H54N6O8/c1-35(2,3)29(40-34(49)50-36(4,5)6)33(48)42-19-13-18-25(42)30(45)38-24(20-22-14-12-15-22)28(44)31(46)37-21-26(43)39-27(32(47)41(7)8)23-16-10-9-11-17-23/h9-11,16-17,22,24-25,27,29H,12-15,18-21H2,1-8H3,(H,37,46)(H,38,45)(H,39,43)(H,40,49)/t24?,25-,27-,29+/m0/s1. The highest BCUT2D eigenvalue weighted by Gasteiger charge is 2.43. The average molecular weight is 699 g/mol. The highest BCUT2D eigenvalue weighted by Crippen LogP contribution is 2.31. The van der Waals surface area contributed by atoms with Gasteiger partial charge in [0.2, 0.25) is 29.4 Å². The van der Waals surface area contributed by atoms with Crippen LogP contribution in [0.5, 0.6) is 0 Å². The minimum atomic E-state index is -1.17. The van der Waals surface area contributed by atoms with Crippen molar-refractivity contribution in [3.63, 3.8) is 0 Å². The molecule has 1 unspecified atom stereocenters.